The molecule has 1 heterocycles. The van der Waals surface area contributed by atoms with E-state index in [2.05, 4.69) is 6.58 Å². The van der Waals surface area contributed by atoms with Crippen LogP contribution in [-0.4, -0.2) is 23.9 Å². The second kappa shape index (κ2) is 4.30. The Bertz CT molecular complexity index is 363. The fourth-order valence-corrected chi connectivity index (χ4v) is 1.87. The maximum atomic E-state index is 12.0. The molecule has 2 nitrogen and oxygen atoms in total. The molecule has 0 bridgehead atoms. The highest BCUT2D eigenvalue weighted by molar-refractivity contribution is 6.18. The van der Waals surface area contributed by atoms with Gasteiger partial charge in [0.2, 0.25) is 0 Å². The van der Waals surface area contributed by atoms with Crippen molar-refractivity contribution in [2.24, 2.45) is 0 Å². The topological polar surface area (TPSA) is 20.3 Å². The van der Waals surface area contributed by atoms with Crippen molar-refractivity contribution in [3.05, 3.63) is 42.5 Å². The summed E-state index contributed by atoms with van der Waals surface area (Å²) in [5.41, 5.74) is 1.53. The van der Waals surface area contributed by atoms with Crippen molar-refractivity contribution in [1.29, 1.82) is 0 Å². The molecular weight excluding hydrogens is 186 g/mol. The maximum Gasteiger partial charge on any atom is 0.253 e. The van der Waals surface area contributed by atoms with Gasteiger partial charge in [0, 0.05) is 18.7 Å². The quantitative estimate of drug-likeness (QED) is 0.672. The first-order valence-electron chi connectivity index (χ1n) is 5.32. The van der Waals surface area contributed by atoms with E-state index >= 15 is 0 Å². The van der Waals surface area contributed by atoms with Gasteiger partial charge in [-0.3, -0.25) is 4.79 Å². The van der Waals surface area contributed by atoms with Crippen molar-refractivity contribution in [3.63, 3.8) is 0 Å². The number of carbonyl (C=O) groups excluding carboxylic acids is 1. The lowest BCUT2D eigenvalue weighted by Crippen LogP contribution is -2.28. The summed E-state index contributed by atoms with van der Waals surface area (Å²) in [6.45, 7) is 5.64. The van der Waals surface area contributed by atoms with Gasteiger partial charge < -0.3 is 4.90 Å². The predicted molar refractivity (Wildman–Crippen MR) is 61.3 cm³/mol. The monoisotopic (exact) mass is 201 g/mol. The molecule has 15 heavy (non-hydrogen) atoms. The van der Waals surface area contributed by atoms with Crippen LogP contribution in [0.3, 0.4) is 0 Å². The van der Waals surface area contributed by atoms with Crippen LogP contribution in [0.4, 0.5) is 0 Å². The number of hydrogen-bond acceptors (Lipinski definition) is 1. The Morgan fingerprint density at radius 2 is 1.73 bits per heavy atom. The Balaban J connectivity index is 2.11. The van der Waals surface area contributed by atoms with E-state index in [-0.39, 0.29) is 5.91 Å². The number of nitrogens with zero attached hydrogens (tertiary/aromatic N) is 1. The lowest BCUT2D eigenvalue weighted by Gasteiger charge is -2.16. The van der Waals surface area contributed by atoms with Gasteiger partial charge in [-0.1, -0.05) is 36.9 Å². The van der Waals surface area contributed by atoms with Gasteiger partial charge in [-0.15, -0.1) is 0 Å². The SMILES string of the molecule is C=C(C(=O)N1CCCC1)c1ccccc1. The molecule has 0 saturated carbocycles. The highest BCUT2D eigenvalue weighted by Crippen LogP contribution is 2.18. The first-order valence-corrected chi connectivity index (χ1v) is 5.32. The molecule has 78 valence electrons. The number of rotatable bonds is 2. The summed E-state index contributed by atoms with van der Waals surface area (Å²) in [6, 6.07) is 9.65. The molecule has 1 amide bonds. The second-order valence-corrected chi connectivity index (χ2v) is 3.84. The molecule has 0 unspecified atom stereocenters. The summed E-state index contributed by atoms with van der Waals surface area (Å²) < 4.78 is 0. The Hall–Kier alpha value is -1.57. The summed E-state index contributed by atoms with van der Waals surface area (Å²) in [5.74, 6) is 0.0821. The molecule has 2 heteroatoms. The van der Waals surface area contributed by atoms with Gasteiger partial charge >= 0.3 is 0 Å². The summed E-state index contributed by atoms with van der Waals surface area (Å²) in [4.78, 5) is 13.9. The molecule has 1 aromatic rings. The molecule has 0 aliphatic carbocycles. The van der Waals surface area contributed by atoms with Crippen LogP contribution in [0.2, 0.25) is 0 Å². The molecule has 1 saturated heterocycles. The van der Waals surface area contributed by atoms with Crippen molar-refractivity contribution in [2.75, 3.05) is 13.1 Å². The minimum atomic E-state index is 0.0821. The van der Waals surface area contributed by atoms with Crippen LogP contribution >= 0.6 is 0 Å². The van der Waals surface area contributed by atoms with Crippen molar-refractivity contribution in [2.45, 2.75) is 12.8 Å². The molecule has 1 aliphatic rings. The first-order chi connectivity index (χ1) is 7.29. The van der Waals surface area contributed by atoms with E-state index < -0.39 is 0 Å². The van der Waals surface area contributed by atoms with Crippen molar-refractivity contribution in [3.8, 4) is 0 Å². The minimum absolute atomic E-state index is 0.0821. The van der Waals surface area contributed by atoms with Gasteiger partial charge in [-0.25, -0.2) is 0 Å². The third-order valence-corrected chi connectivity index (χ3v) is 2.77. The number of carbonyl (C=O) groups is 1. The van der Waals surface area contributed by atoms with E-state index in [4.69, 9.17) is 0 Å². The molecular formula is C13H15NO. The molecule has 1 aromatic carbocycles. The standard InChI is InChI=1S/C13H15NO/c1-11(12-7-3-2-4-8-12)13(15)14-9-5-6-10-14/h2-4,7-8H,1,5-6,9-10H2. The normalized spacial score (nSPS) is 15.3. The van der Waals surface area contributed by atoms with E-state index in [0.29, 0.717) is 5.57 Å². The van der Waals surface area contributed by atoms with E-state index in [9.17, 15) is 4.79 Å². The maximum absolute atomic E-state index is 12.0. The molecule has 1 fully saturated rings. The van der Waals surface area contributed by atoms with E-state index in [0.717, 1.165) is 31.5 Å². The Labute approximate surface area is 90.2 Å². The Kier molecular flexibility index (Phi) is 2.86. The van der Waals surface area contributed by atoms with Crippen molar-refractivity contribution < 1.29 is 4.79 Å². The highest BCUT2D eigenvalue weighted by Gasteiger charge is 2.20. The van der Waals surface area contributed by atoms with Crippen LogP contribution in [0.15, 0.2) is 36.9 Å². The predicted octanol–water partition coefficient (Wildman–Crippen LogP) is 2.32. The number of hydrogen-bond donors (Lipinski definition) is 0. The summed E-state index contributed by atoms with van der Waals surface area (Å²) >= 11 is 0. The van der Waals surface area contributed by atoms with Crippen molar-refractivity contribution in [1.82, 2.24) is 4.90 Å². The van der Waals surface area contributed by atoms with Crippen LogP contribution < -0.4 is 0 Å². The second-order valence-electron chi connectivity index (χ2n) is 3.84. The molecule has 1 aliphatic heterocycles. The van der Waals surface area contributed by atoms with E-state index in [1.54, 1.807) is 0 Å². The molecule has 0 radical (unpaired) electrons. The van der Waals surface area contributed by atoms with Crippen LogP contribution in [-0.2, 0) is 4.79 Å². The number of benzene rings is 1. The Morgan fingerprint density at radius 1 is 1.13 bits per heavy atom. The number of likely N-dealkylation sites (tertiary alicyclic amines) is 1. The largest absolute Gasteiger partial charge is 0.339 e. The van der Waals surface area contributed by atoms with E-state index in [1.807, 2.05) is 35.2 Å². The van der Waals surface area contributed by atoms with Gasteiger partial charge in [-0.05, 0) is 18.4 Å². The zero-order valence-electron chi connectivity index (χ0n) is 8.78. The summed E-state index contributed by atoms with van der Waals surface area (Å²) in [6.07, 6.45) is 2.24. The van der Waals surface area contributed by atoms with Crippen LogP contribution in [0.5, 0.6) is 0 Å². The van der Waals surface area contributed by atoms with Gasteiger partial charge in [0.25, 0.3) is 5.91 Å². The Morgan fingerprint density at radius 3 is 2.33 bits per heavy atom. The summed E-state index contributed by atoms with van der Waals surface area (Å²) in [5, 5.41) is 0. The first kappa shape index (κ1) is 9.97. The van der Waals surface area contributed by atoms with Crippen molar-refractivity contribution >= 4 is 11.5 Å². The highest BCUT2D eigenvalue weighted by atomic mass is 16.2. The zero-order valence-corrected chi connectivity index (χ0v) is 8.78. The zero-order chi connectivity index (χ0) is 10.7. The third-order valence-electron chi connectivity index (χ3n) is 2.77. The van der Waals surface area contributed by atoms with Gasteiger partial charge in [-0.2, -0.15) is 0 Å². The molecule has 0 spiro atoms. The number of amides is 1. The van der Waals surface area contributed by atoms with Crippen LogP contribution in [0.1, 0.15) is 18.4 Å². The average molecular weight is 201 g/mol. The molecule has 0 atom stereocenters. The molecule has 0 aromatic heterocycles. The molecule has 0 N–H and O–H groups in total. The third kappa shape index (κ3) is 2.09. The van der Waals surface area contributed by atoms with Crippen LogP contribution in [0, 0.1) is 0 Å². The molecule has 2 rings (SSSR count). The van der Waals surface area contributed by atoms with Gasteiger partial charge in [0.15, 0.2) is 0 Å². The lowest BCUT2D eigenvalue weighted by molar-refractivity contribution is -0.123. The smallest absolute Gasteiger partial charge is 0.253 e. The average Bonchev–Trinajstić information content (AvgIpc) is 2.82. The van der Waals surface area contributed by atoms with E-state index in [1.165, 1.54) is 0 Å². The minimum Gasteiger partial charge on any atom is -0.339 e. The fraction of sp³-hybridized carbons (Fsp3) is 0.308. The lowest BCUT2D eigenvalue weighted by atomic mass is 10.1. The summed E-state index contributed by atoms with van der Waals surface area (Å²) in [7, 11) is 0. The van der Waals surface area contributed by atoms with Gasteiger partial charge in [0.1, 0.15) is 0 Å². The fourth-order valence-electron chi connectivity index (χ4n) is 1.87. The van der Waals surface area contributed by atoms with Gasteiger partial charge in [0.05, 0.1) is 0 Å². The van der Waals surface area contributed by atoms with Crippen LogP contribution in [0.25, 0.3) is 5.57 Å².